The predicted octanol–water partition coefficient (Wildman–Crippen LogP) is 0.961. The van der Waals surface area contributed by atoms with Crippen molar-refractivity contribution in [3.05, 3.63) is 11.9 Å². The number of aliphatic carboxylic acids is 1. The monoisotopic (exact) mass is 254 g/mol. The number of carbonyl (C=O) groups excluding carboxylic acids is 1. The molecule has 0 bridgehead atoms. The van der Waals surface area contributed by atoms with Crippen molar-refractivity contribution >= 4 is 17.7 Å². The molecule has 0 saturated carbocycles. The average molecular weight is 254 g/mol. The van der Waals surface area contributed by atoms with E-state index >= 15 is 0 Å². The summed E-state index contributed by atoms with van der Waals surface area (Å²) in [7, 11) is 1.75. The molecule has 0 radical (unpaired) electrons. The molecule has 0 spiro atoms. The van der Waals surface area contributed by atoms with Gasteiger partial charge in [0, 0.05) is 19.8 Å². The topological polar surface area (TPSA) is 96.3 Å². The smallest absolute Gasteiger partial charge is 0.319 e. The molecule has 0 unspecified atom stereocenters. The van der Waals surface area contributed by atoms with Crippen LogP contribution in [0.15, 0.2) is 6.20 Å². The summed E-state index contributed by atoms with van der Waals surface area (Å²) >= 11 is 0. The van der Waals surface area contributed by atoms with Crippen LogP contribution >= 0.6 is 0 Å². The first kappa shape index (κ1) is 14.0. The SMILES string of the molecule is Cc1nn(C)cc1NC(=O)NCC(C)(C)C(=O)O. The van der Waals surface area contributed by atoms with Crippen LogP contribution in [0.3, 0.4) is 0 Å². The minimum atomic E-state index is -0.999. The molecule has 7 heteroatoms. The van der Waals surface area contributed by atoms with Crippen molar-refractivity contribution < 1.29 is 14.7 Å². The molecule has 100 valence electrons. The molecule has 1 aromatic rings. The number of nitrogens with zero attached hydrogens (tertiary/aromatic N) is 2. The second-order valence-electron chi connectivity index (χ2n) is 4.80. The van der Waals surface area contributed by atoms with Gasteiger partial charge in [-0.1, -0.05) is 0 Å². The summed E-state index contributed by atoms with van der Waals surface area (Å²) < 4.78 is 1.59. The van der Waals surface area contributed by atoms with Gasteiger partial charge in [0.25, 0.3) is 0 Å². The van der Waals surface area contributed by atoms with Gasteiger partial charge >= 0.3 is 12.0 Å². The van der Waals surface area contributed by atoms with E-state index in [-0.39, 0.29) is 6.54 Å². The number of aromatic nitrogens is 2. The number of aryl methyl sites for hydroxylation is 2. The molecule has 1 heterocycles. The van der Waals surface area contributed by atoms with Crippen molar-refractivity contribution in [2.45, 2.75) is 20.8 Å². The van der Waals surface area contributed by atoms with Gasteiger partial charge in [0.1, 0.15) is 0 Å². The molecule has 0 aliphatic rings. The molecule has 1 aromatic heterocycles. The van der Waals surface area contributed by atoms with Crippen LogP contribution in [0.5, 0.6) is 0 Å². The number of anilines is 1. The van der Waals surface area contributed by atoms with Gasteiger partial charge in [-0.05, 0) is 20.8 Å². The second-order valence-corrected chi connectivity index (χ2v) is 4.80. The Morgan fingerprint density at radius 1 is 1.50 bits per heavy atom. The second kappa shape index (κ2) is 5.07. The lowest BCUT2D eigenvalue weighted by Gasteiger charge is -2.19. The number of carboxylic acids is 1. The number of carboxylic acid groups (broad SMARTS) is 1. The lowest BCUT2D eigenvalue weighted by Crippen LogP contribution is -2.40. The van der Waals surface area contributed by atoms with Crippen LogP contribution in [0.25, 0.3) is 0 Å². The molecule has 0 atom stereocenters. The van der Waals surface area contributed by atoms with Crippen LogP contribution in [0.1, 0.15) is 19.5 Å². The van der Waals surface area contributed by atoms with Crippen LogP contribution in [0.2, 0.25) is 0 Å². The first-order chi connectivity index (χ1) is 8.22. The molecule has 1 rings (SSSR count). The van der Waals surface area contributed by atoms with Crippen molar-refractivity contribution in [3.8, 4) is 0 Å². The van der Waals surface area contributed by atoms with E-state index < -0.39 is 17.4 Å². The Balaban J connectivity index is 2.53. The molecular weight excluding hydrogens is 236 g/mol. The fourth-order valence-electron chi connectivity index (χ4n) is 1.27. The highest BCUT2D eigenvalue weighted by molar-refractivity contribution is 5.90. The van der Waals surface area contributed by atoms with Gasteiger partial charge in [-0.2, -0.15) is 5.10 Å². The van der Waals surface area contributed by atoms with E-state index in [9.17, 15) is 9.59 Å². The van der Waals surface area contributed by atoms with Crippen molar-refractivity contribution in [2.24, 2.45) is 12.5 Å². The van der Waals surface area contributed by atoms with Gasteiger partial charge in [0.2, 0.25) is 0 Å². The number of amides is 2. The van der Waals surface area contributed by atoms with E-state index in [0.29, 0.717) is 11.4 Å². The Morgan fingerprint density at radius 2 is 2.11 bits per heavy atom. The number of hydrogen-bond acceptors (Lipinski definition) is 3. The molecule has 0 fully saturated rings. The molecule has 18 heavy (non-hydrogen) atoms. The Bertz CT molecular complexity index is 465. The summed E-state index contributed by atoms with van der Waals surface area (Å²) in [6.45, 7) is 4.92. The van der Waals surface area contributed by atoms with Crippen LogP contribution in [0.4, 0.5) is 10.5 Å². The fourth-order valence-corrected chi connectivity index (χ4v) is 1.27. The summed E-state index contributed by atoms with van der Waals surface area (Å²) in [6.07, 6.45) is 1.68. The zero-order chi connectivity index (χ0) is 13.9. The van der Waals surface area contributed by atoms with Gasteiger partial charge in [0.05, 0.1) is 16.8 Å². The number of hydrogen-bond donors (Lipinski definition) is 3. The number of carbonyl (C=O) groups is 2. The summed E-state index contributed by atoms with van der Waals surface area (Å²) in [5.41, 5.74) is 0.301. The summed E-state index contributed by atoms with van der Waals surface area (Å²) in [5.74, 6) is -0.958. The van der Waals surface area contributed by atoms with Crippen LogP contribution in [-0.4, -0.2) is 33.4 Å². The third kappa shape index (κ3) is 3.47. The maximum Gasteiger partial charge on any atom is 0.319 e. The van der Waals surface area contributed by atoms with Crippen molar-refractivity contribution in [2.75, 3.05) is 11.9 Å². The molecule has 3 N–H and O–H groups in total. The van der Waals surface area contributed by atoms with Crippen LogP contribution in [0, 0.1) is 12.3 Å². The van der Waals surface area contributed by atoms with Gasteiger partial charge in [-0.3, -0.25) is 9.48 Å². The normalized spacial score (nSPS) is 11.1. The highest BCUT2D eigenvalue weighted by Crippen LogP contribution is 2.14. The first-order valence-electron chi connectivity index (χ1n) is 5.51. The van der Waals surface area contributed by atoms with E-state index in [1.54, 1.807) is 38.7 Å². The van der Waals surface area contributed by atoms with E-state index in [1.807, 2.05) is 0 Å². The predicted molar refractivity (Wildman–Crippen MR) is 66.4 cm³/mol. The standard InChI is InChI=1S/C11H18N4O3/c1-7-8(5-15(4)14-7)13-10(18)12-6-11(2,3)9(16)17/h5H,6H2,1-4H3,(H,16,17)(H2,12,13,18). The lowest BCUT2D eigenvalue weighted by atomic mass is 9.94. The fraction of sp³-hybridized carbons (Fsp3) is 0.545. The molecule has 0 aliphatic carbocycles. The molecule has 0 aliphatic heterocycles. The van der Waals surface area contributed by atoms with Crippen LogP contribution in [-0.2, 0) is 11.8 Å². The highest BCUT2D eigenvalue weighted by atomic mass is 16.4. The molecule has 2 amide bonds. The average Bonchev–Trinajstić information content (AvgIpc) is 2.54. The summed E-state index contributed by atoms with van der Waals surface area (Å²) in [5, 5.41) is 18.1. The van der Waals surface area contributed by atoms with Gasteiger partial charge in [-0.15, -0.1) is 0 Å². The number of rotatable bonds is 4. The van der Waals surface area contributed by atoms with Crippen molar-refractivity contribution in [1.29, 1.82) is 0 Å². The molecule has 7 nitrogen and oxygen atoms in total. The molecular formula is C11H18N4O3. The Kier molecular flexibility index (Phi) is 3.95. The number of urea groups is 1. The van der Waals surface area contributed by atoms with Crippen molar-refractivity contribution in [3.63, 3.8) is 0 Å². The number of nitrogens with one attached hydrogen (secondary N) is 2. The molecule has 0 aromatic carbocycles. The Morgan fingerprint density at radius 3 is 2.56 bits per heavy atom. The summed E-state index contributed by atoms with van der Waals surface area (Å²) in [6, 6.07) is -0.444. The highest BCUT2D eigenvalue weighted by Gasteiger charge is 2.27. The third-order valence-electron chi connectivity index (χ3n) is 2.53. The van der Waals surface area contributed by atoms with E-state index in [0.717, 1.165) is 0 Å². The van der Waals surface area contributed by atoms with E-state index in [2.05, 4.69) is 15.7 Å². The Labute approximate surface area is 105 Å². The maximum absolute atomic E-state index is 11.6. The van der Waals surface area contributed by atoms with Gasteiger partial charge in [0.15, 0.2) is 0 Å². The maximum atomic E-state index is 11.6. The van der Waals surface area contributed by atoms with E-state index in [4.69, 9.17) is 5.11 Å². The van der Waals surface area contributed by atoms with Gasteiger partial charge < -0.3 is 15.7 Å². The third-order valence-corrected chi connectivity index (χ3v) is 2.53. The largest absolute Gasteiger partial charge is 0.481 e. The lowest BCUT2D eigenvalue weighted by molar-refractivity contribution is -0.146. The first-order valence-corrected chi connectivity index (χ1v) is 5.51. The quantitative estimate of drug-likeness (QED) is 0.745. The zero-order valence-electron chi connectivity index (χ0n) is 10.9. The zero-order valence-corrected chi connectivity index (χ0v) is 10.9. The minimum Gasteiger partial charge on any atom is -0.481 e. The Hall–Kier alpha value is -2.05. The minimum absolute atomic E-state index is 0.0491. The van der Waals surface area contributed by atoms with E-state index in [1.165, 1.54) is 0 Å². The summed E-state index contributed by atoms with van der Waals surface area (Å²) in [4.78, 5) is 22.5. The van der Waals surface area contributed by atoms with Crippen molar-refractivity contribution in [1.82, 2.24) is 15.1 Å². The van der Waals surface area contributed by atoms with Crippen LogP contribution < -0.4 is 10.6 Å². The molecule has 0 saturated heterocycles. The van der Waals surface area contributed by atoms with Gasteiger partial charge in [-0.25, -0.2) is 4.79 Å².